The van der Waals surface area contributed by atoms with E-state index in [0.29, 0.717) is 18.5 Å². The minimum absolute atomic E-state index is 0.0888. The minimum atomic E-state index is -1.00. The normalized spacial score (nSPS) is 14.0. The van der Waals surface area contributed by atoms with E-state index in [1.54, 1.807) is 17.3 Å². The Kier molecular flexibility index (Phi) is 6.53. The molecular formula is C22H26N2O4. The second-order valence-corrected chi connectivity index (χ2v) is 6.98. The van der Waals surface area contributed by atoms with E-state index in [9.17, 15) is 14.7 Å². The van der Waals surface area contributed by atoms with Gasteiger partial charge in [-0.3, -0.25) is 0 Å². The van der Waals surface area contributed by atoms with E-state index in [0.717, 1.165) is 35.7 Å². The van der Waals surface area contributed by atoms with Gasteiger partial charge in [0.15, 0.2) is 0 Å². The van der Waals surface area contributed by atoms with Gasteiger partial charge in [0, 0.05) is 48.9 Å². The van der Waals surface area contributed by atoms with Crippen LogP contribution >= 0.6 is 0 Å². The van der Waals surface area contributed by atoms with Gasteiger partial charge in [-0.2, -0.15) is 0 Å². The molecule has 1 aliphatic heterocycles. The fourth-order valence-corrected chi connectivity index (χ4v) is 3.35. The molecule has 0 saturated heterocycles. The van der Waals surface area contributed by atoms with E-state index in [-0.39, 0.29) is 18.6 Å². The number of fused-ring (bicyclic) bond motifs is 1. The van der Waals surface area contributed by atoms with Crippen molar-refractivity contribution >= 4 is 22.8 Å². The fourth-order valence-electron chi connectivity index (χ4n) is 3.35. The molecule has 0 amide bonds. The molecular weight excluding hydrogens is 356 g/mol. The van der Waals surface area contributed by atoms with Crippen LogP contribution in [0.1, 0.15) is 38.2 Å². The lowest BCUT2D eigenvalue weighted by molar-refractivity contribution is -0.139. The summed E-state index contributed by atoms with van der Waals surface area (Å²) in [6.07, 6.45) is 9.03. The Morgan fingerprint density at radius 1 is 1.18 bits per heavy atom. The number of benzene rings is 1. The molecule has 2 N–H and O–H groups in total. The smallest absolute Gasteiger partial charge is 0.335 e. The van der Waals surface area contributed by atoms with Crippen LogP contribution < -0.4 is 0 Å². The number of unbranched alkanes of at least 4 members (excludes halogenated alkanes) is 2. The summed E-state index contributed by atoms with van der Waals surface area (Å²) in [6, 6.07) is 7.98. The third-order valence-corrected chi connectivity index (χ3v) is 4.86. The molecule has 0 saturated carbocycles. The van der Waals surface area contributed by atoms with Gasteiger partial charge in [0.05, 0.1) is 17.8 Å². The average Bonchev–Trinajstić information content (AvgIpc) is 3.11. The average molecular weight is 382 g/mol. The number of hydrogen-bond acceptors (Lipinski definition) is 4. The van der Waals surface area contributed by atoms with Gasteiger partial charge < -0.3 is 19.7 Å². The van der Waals surface area contributed by atoms with Crippen LogP contribution in [0.15, 0.2) is 54.0 Å². The highest BCUT2D eigenvalue weighted by atomic mass is 16.5. The molecule has 2 heterocycles. The maximum Gasteiger partial charge on any atom is 0.335 e. The molecule has 148 valence electrons. The Morgan fingerprint density at radius 3 is 2.75 bits per heavy atom. The number of aromatic amines is 1. The van der Waals surface area contributed by atoms with E-state index >= 15 is 0 Å². The van der Waals surface area contributed by atoms with Gasteiger partial charge in [-0.1, -0.05) is 38.0 Å². The van der Waals surface area contributed by atoms with Gasteiger partial charge in [0.1, 0.15) is 0 Å². The minimum Gasteiger partial charge on any atom is -0.478 e. The molecule has 6 heteroatoms. The number of rotatable bonds is 9. The molecule has 2 aromatic rings. The predicted octanol–water partition coefficient (Wildman–Crippen LogP) is 4.00. The summed E-state index contributed by atoms with van der Waals surface area (Å²) in [6.45, 7) is 3.05. The van der Waals surface area contributed by atoms with Crippen LogP contribution in [0.2, 0.25) is 0 Å². The SMILES string of the molecule is CCCCCN1C=C(C(=O)O)CC(C(=O)OCCc2c[nH]c3ccccc23)=C1. The molecule has 28 heavy (non-hydrogen) atoms. The van der Waals surface area contributed by atoms with Crippen LogP contribution in [0.4, 0.5) is 0 Å². The Hall–Kier alpha value is -3.02. The number of para-hydroxylation sites is 1. The van der Waals surface area contributed by atoms with Crippen molar-refractivity contribution in [2.75, 3.05) is 13.2 Å². The number of aromatic nitrogens is 1. The Balaban J connectivity index is 1.59. The Labute approximate surface area is 164 Å². The molecule has 1 aromatic carbocycles. The summed E-state index contributed by atoms with van der Waals surface area (Å²) in [4.78, 5) is 28.9. The summed E-state index contributed by atoms with van der Waals surface area (Å²) < 4.78 is 5.44. The van der Waals surface area contributed by atoms with Gasteiger partial charge in [0.25, 0.3) is 0 Å². The largest absolute Gasteiger partial charge is 0.478 e. The first-order valence-corrected chi connectivity index (χ1v) is 9.71. The maximum absolute atomic E-state index is 12.5. The number of carbonyl (C=O) groups is 2. The molecule has 0 radical (unpaired) electrons. The van der Waals surface area contributed by atoms with Crippen LogP contribution in [0.3, 0.4) is 0 Å². The van der Waals surface area contributed by atoms with Crippen molar-refractivity contribution in [1.82, 2.24) is 9.88 Å². The summed E-state index contributed by atoms with van der Waals surface area (Å²) in [7, 11) is 0. The summed E-state index contributed by atoms with van der Waals surface area (Å²) in [5, 5.41) is 10.5. The van der Waals surface area contributed by atoms with Crippen molar-refractivity contribution in [3.8, 4) is 0 Å². The van der Waals surface area contributed by atoms with Crippen LogP contribution in [0.5, 0.6) is 0 Å². The summed E-state index contributed by atoms with van der Waals surface area (Å²) in [5.74, 6) is -1.45. The Bertz CT molecular complexity index is 910. The number of carboxylic acids is 1. The van der Waals surface area contributed by atoms with Crippen molar-refractivity contribution in [3.63, 3.8) is 0 Å². The van der Waals surface area contributed by atoms with Gasteiger partial charge in [-0.25, -0.2) is 9.59 Å². The quantitative estimate of drug-likeness (QED) is 0.506. The monoisotopic (exact) mass is 382 g/mol. The van der Waals surface area contributed by atoms with Crippen molar-refractivity contribution in [3.05, 3.63) is 59.6 Å². The van der Waals surface area contributed by atoms with Crippen LogP contribution in [0.25, 0.3) is 10.9 Å². The number of ether oxygens (including phenoxy) is 1. The standard InChI is InChI=1S/C22H26N2O4/c1-2-3-6-10-24-14-17(21(25)26)12-18(15-24)22(27)28-11-9-16-13-23-20-8-5-4-7-19(16)20/h4-5,7-8,13-15,23H,2-3,6,9-12H2,1H3,(H,25,26). The van der Waals surface area contributed by atoms with Crippen LogP contribution in [0, 0.1) is 0 Å². The van der Waals surface area contributed by atoms with E-state index in [1.807, 2.05) is 30.5 Å². The van der Waals surface area contributed by atoms with Crippen molar-refractivity contribution in [1.29, 1.82) is 0 Å². The number of esters is 1. The lowest BCUT2D eigenvalue weighted by atomic mass is 10.0. The summed E-state index contributed by atoms with van der Waals surface area (Å²) in [5.41, 5.74) is 2.74. The zero-order chi connectivity index (χ0) is 19.9. The predicted molar refractivity (Wildman–Crippen MR) is 108 cm³/mol. The zero-order valence-corrected chi connectivity index (χ0v) is 16.1. The van der Waals surface area contributed by atoms with Crippen LogP contribution in [-0.2, 0) is 20.7 Å². The van der Waals surface area contributed by atoms with Crippen molar-refractivity contribution in [2.45, 2.75) is 39.0 Å². The van der Waals surface area contributed by atoms with Crippen molar-refractivity contribution < 1.29 is 19.4 Å². The maximum atomic E-state index is 12.5. The number of nitrogens with zero attached hydrogens (tertiary/aromatic N) is 1. The Morgan fingerprint density at radius 2 is 1.96 bits per heavy atom. The first-order valence-electron chi connectivity index (χ1n) is 9.71. The molecule has 0 atom stereocenters. The van der Waals surface area contributed by atoms with E-state index < -0.39 is 11.9 Å². The number of hydrogen-bond donors (Lipinski definition) is 2. The summed E-state index contributed by atoms with van der Waals surface area (Å²) >= 11 is 0. The topological polar surface area (TPSA) is 82.6 Å². The molecule has 6 nitrogen and oxygen atoms in total. The number of H-pyrrole nitrogens is 1. The lowest BCUT2D eigenvalue weighted by Crippen LogP contribution is -2.23. The molecule has 0 fully saturated rings. The number of carbonyl (C=O) groups excluding carboxylic acids is 1. The highest BCUT2D eigenvalue weighted by molar-refractivity contribution is 5.94. The molecule has 0 unspecified atom stereocenters. The first kappa shape index (κ1) is 19.7. The van der Waals surface area contributed by atoms with Gasteiger partial charge in [0.2, 0.25) is 0 Å². The van der Waals surface area contributed by atoms with E-state index in [2.05, 4.69) is 11.9 Å². The van der Waals surface area contributed by atoms with Crippen LogP contribution in [-0.4, -0.2) is 40.1 Å². The molecule has 0 bridgehead atoms. The highest BCUT2D eigenvalue weighted by Gasteiger charge is 2.22. The highest BCUT2D eigenvalue weighted by Crippen LogP contribution is 2.22. The second-order valence-electron chi connectivity index (χ2n) is 6.98. The third kappa shape index (κ3) is 4.82. The number of aliphatic carboxylic acids is 1. The molecule has 1 aliphatic rings. The molecule has 0 spiro atoms. The van der Waals surface area contributed by atoms with Gasteiger partial charge in [-0.05, 0) is 18.1 Å². The number of carboxylic acid groups (broad SMARTS) is 1. The molecule has 3 rings (SSSR count). The number of nitrogens with one attached hydrogen (secondary N) is 1. The van der Waals surface area contributed by atoms with Gasteiger partial charge >= 0.3 is 11.9 Å². The fraction of sp³-hybridized carbons (Fsp3) is 0.364. The zero-order valence-electron chi connectivity index (χ0n) is 16.1. The molecule has 1 aromatic heterocycles. The first-order chi connectivity index (χ1) is 13.6. The lowest BCUT2D eigenvalue weighted by Gasteiger charge is -2.23. The van der Waals surface area contributed by atoms with E-state index in [4.69, 9.17) is 4.74 Å². The molecule has 0 aliphatic carbocycles. The van der Waals surface area contributed by atoms with E-state index in [1.165, 1.54) is 0 Å². The van der Waals surface area contributed by atoms with Gasteiger partial charge in [-0.15, -0.1) is 0 Å². The third-order valence-electron chi connectivity index (χ3n) is 4.86. The van der Waals surface area contributed by atoms with Crippen molar-refractivity contribution in [2.24, 2.45) is 0 Å². The second kappa shape index (κ2) is 9.26.